The average Bonchev–Trinajstić information content (AvgIpc) is 2.35. The van der Waals surface area contributed by atoms with Gasteiger partial charge in [0.15, 0.2) is 0 Å². The number of carbonyl (C=O) groups excluding carboxylic acids is 1. The van der Waals surface area contributed by atoms with Crippen LogP contribution in [0.3, 0.4) is 0 Å². The molecule has 0 aromatic carbocycles. The van der Waals surface area contributed by atoms with Gasteiger partial charge in [-0.3, -0.25) is 9.59 Å². The number of carbonyl (C=O) groups is 1. The van der Waals surface area contributed by atoms with E-state index in [9.17, 15) is 9.59 Å². The van der Waals surface area contributed by atoms with Gasteiger partial charge in [0, 0.05) is 31.1 Å². The highest BCUT2D eigenvalue weighted by Crippen LogP contribution is 2.11. The third-order valence-corrected chi connectivity index (χ3v) is 3.45. The quantitative estimate of drug-likeness (QED) is 0.868. The molecule has 1 atom stereocenters. The van der Waals surface area contributed by atoms with Crippen molar-refractivity contribution in [3.05, 3.63) is 34.2 Å². The van der Waals surface area contributed by atoms with Crippen molar-refractivity contribution >= 4 is 17.7 Å². The van der Waals surface area contributed by atoms with Crippen molar-refractivity contribution in [3.8, 4) is 0 Å². The molecule has 1 N–H and O–H groups in total. The molecule has 0 aliphatic rings. The largest absolute Gasteiger partial charge is 0.338 e. The van der Waals surface area contributed by atoms with Crippen molar-refractivity contribution in [3.63, 3.8) is 0 Å². The normalized spacial score (nSPS) is 12.2. The molecule has 0 radical (unpaired) electrons. The number of nitrogens with one attached hydrogen (secondary N) is 1. The molecule has 1 rings (SSSR count). The molecule has 0 bridgehead atoms. The standard InChI is InChI=1S/C12H18N2O2S/c1-4-10(8-17-3)14(2)12(16)9-5-6-11(15)13-7-9/h5-7,10H,4,8H2,1-3H3,(H,13,15). The number of hydrogen-bond acceptors (Lipinski definition) is 3. The number of H-pyrrole nitrogens is 1. The van der Waals surface area contributed by atoms with Crippen LogP contribution >= 0.6 is 11.8 Å². The minimum atomic E-state index is -0.194. The molecule has 0 aliphatic heterocycles. The van der Waals surface area contributed by atoms with E-state index in [1.54, 1.807) is 29.8 Å². The van der Waals surface area contributed by atoms with Gasteiger partial charge in [-0.1, -0.05) is 6.92 Å². The molecule has 17 heavy (non-hydrogen) atoms. The fraction of sp³-hybridized carbons (Fsp3) is 0.500. The molecule has 94 valence electrons. The van der Waals surface area contributed by atoms with E-state index < -0.39 is 0 Å². The summed E-state index contributed by atoms with van der Waals surface area (Å²) in [4.78, 5) is 27.3. The monoisotopic (exact) mass is 254 g/mol. The van der Waals surface area contributed by atoms with Gasteiger partial charge >= 0.3 is 0 Å². The molecular formula is C12H18N2O2S. The van der Waals surface area contributed by atoms with E-state index in [0.717, 1.165) is 12.2 Å². The smallest absolute Gasteiger partial charge is 0.255 e. The number of aromatic nitrogens is 1. The van der Waals surface area contributed by atoms with E-state index >= 15 is 0 Å². The van der Waals surface area contributed by atoms with Crippen LogP contribution in [0.15, 0.2) is 23.1 Å². The first-order valence-corrected chi connectivity index (χ1v) is 6.94. The molecule has 4 nitrogen and oxygen atoms in total. The third-order valence-electron chi connectivity index (χ3n) is 2.73. The summed E-state index contributed by atoms with van der Waals surface area (Å²) >= 11 is 1.73. The summed E-state index contributed by atoms with van der Waals surface area (Å²) in [5.41, 5.74) is 0.326. The highest BCUT2D eigenvalue weighted by molar-refractivity contribution is 7.98. The van der Waals surface area contributed by atoms with Crippen molar-refractivity contribution in [1.29, 1.82) is 0 Å². The van der Waals surface area contributed by atoms with Crippen LogP contribution < -0.4 is 5.56 Å². The van der Waals surface area contributed by atoms with E-state index in [1.807, 2.05) is 6.26 Å². The molecule has 0 fully saturated rings. The minimum absolute atomic E-state index is 0.0536. The van der Waals surface area contributed by atoms with E-state index in [1.165, 1.54) is 12.3 Å². The average molecular weight is 254 g/mol. The SMILES string of the molecule is CCC(CSC)N(C)C(=O)c1ccc(=O)[nH]c1. The first-order valence-electron chi connectivity index (χ1n) is 5.55. The second-order valence-electron chi connectivity index (χ2n) is 3.88. The van der Waals surface area contributed by atoms with Crippen LogP contribution in [0.5, 0.6) is 0 Å². The Labute approximate surface area is 105 Å². The second-order valence-corrected chi connectivity index (χ2v) is 4.79. The predicted octanol–water partition coefficient (Wildman–Crippen LogP) is 1.59. The van der Waals surface area contributed by atoms with Crippen molar-refractivity contribution in [2.24, 2.45) is 0 Å². The lowest BCUT2D eigenvalue weighted by Crippen LogP contribution is -2.38. The first-order chi connectivity index (χ1) is 8.10. The Kier molecular flexibility index (Phi) is 5.28. The molecule has 1 amide bonds. The third kappa shape index (κ3) is 3.63. The Balaban J connectivity index is 2.81. The van der Waals surface area contributed by atoms with Crippen LogP contribution in [0.2, 0.25) is 0 Å². The lowest BCUT2D eigenvalue weighted by Gasteiger charge is -2.26. The number of nitrogens with zero attached hydrogens (tertiary/aromatic N) is 1. The lowest BCUT2D eigenvalue weighted by atomic mass is 10.2. The number of amides is 1. The van der Waals surface area contributed by atoms with Gasteiger partial charge in [-0.2, -0.15) is 11.8 Å². The minimum Gasteiger partial charge on any atom is -0.338 e. The number of thioether (sulfide) groups is 1. The molecule has 0 saturated heterocycles. The summed E-state index contributed by atoms with van der Waals surface area (Å²) < 4.78 is 0. The van der Waals surface area contributed by atoms with Crippen molar-refractivity contribution in [2.75, 3.05) is 19.1 Å². The second kappa shape index (κ2) is 6.49. The number of hydrogen-bond donors (Lipinski definition) is 1. The summed E-state index contributed by atoms with van der Waals surface area (Å²) in [5, 5.41) is 0. The molecule has 0 spiro atoms. The van der Waals surface area contributed by atoms with E-state index in [4.69, 9.17) is 0 Å². The van der Waals surface area contributed by atoms with Gasteiger partial charge in [-0.05, 0) is 18.7 Å². The lowest BCUT2D eigenvalue weighted by molar-refractivity contribution is 0.0743. The maximum Gasteiger partial charge on any atom is 0.255 e. The van der Waals surface area contributed by atoms with Crippen LogP contribution in [0.4, 0.5) is 0 Å². The molecule has 0 saturated carbocycles. The van der Waals surface area contributed by atoms with Crippen molar-refractivity contribution in [1.82, 2.24) is 9.88 Å². The number of pyridine rings is 1. The van der Waals surface area contributed by atoms with Gasteiger partial charge in [0.25, 0.3) is 5.91 Å². The Morgan fingerprint density at radius 2 is 2.24 bits per heavy atom. The fourth-order valence-electron chi connectivity index (χ4n) is 1.61. The van der Waals surface area contributed by atoms with Crippen LogP contribution in [-0.2, 0) is 0 Å². The summed E-state index contributed by atoms with van der Waals surface area (Å²) in [6.45, 7) is 2.07. The van der Waals surface area contributed by atoms with Gasteiger partial charge < -0.3 is 9.88 Å². The highest BCUT2D eigenvalue weighted by Gasteiger charge is 2.19. The van der Waals surface area contributed by atoms with Gasteiger partial charge in [-0.15, -0.1) is 0 Å². The zero-order valence-electron chi connectivity index (χ0n) is 10.4. The van der Waals surface area contributed by atoms with Gasteiger partial charge in [-0.25, -0.2) is 0 Å². The summed E-state index contributed by atoms with van der Waals surface area (Å²) in [5.74, 6) is 0.865. The van der Waals surface area contributed by atoms with Crippen LogP contribution in [0.1, 0.15) is 23.7 Å². The van der Waals surface area contributed by atoms with Crippen LogP contribution in [0, 0.1) is 0 Å². The summed E-state index contributed by atoms with van der Waals surface area (Å²) in [7, 11) is 1.80. The number of aromatic amines is 1. The van der Waals surface area contributed by atoms with E-state index in [2.05, 4.69) is 11.9 Å². The fourth-order valence-corrected chi connectivity index (χ4v) is 2.45. The van der Waals surface area contributed by atoms with Crippen molar-refractivity contribution < 1.29 is 4.79 Å². The van der Waals surface area contributed by atoms with Gasteiger partial charge in [0.05, 0.1) is 5.56 Å². The molecular weight excluding hydrogens is 236 g/mol. The molecule has 5 heteroatoms. The van der Waals surface area contributed by atoms with Crippen LogP contribution in [-0.4, -0.2) is 40.9 Å². The molecule has 1 aromatic rings. The Bertz CT molecular complexity index is 410. The molecule has 1 heterocycles. The summed E-state index contributed by atoms with van der Waals surface area (Å²) in [6, 6.07) is 3.16. The highest BCUT2D eigenvalue weighted by atomic mass is 32.2. The predicted molar refractivity (Wildman–Crippen MR) is 71.6 cm³/mol. The Morgan fingerprint density at radius 1 is 1.53 bits per heavy atom. The number of rotatable bonds is 5. The van der Waals surface area contributed by atoms with Gasteiger partial charge in [0.1, 0.15) is 0 Å². The van der Waals surface area contributed by atoms with E-state index in [-0.39, 0.29) is 17.5 Å². The maximum absolute atomic E-state index is 12.1. The van der Waals surface area contributed by atoms with Gasteiger partial charge in [0.2, 0.25) is 5.56 Å². The van der Waals surface area contributed by atoms with Crippen molar-refractivity contribution in [2.45, 2.75) is 19.4 Å². The molecule has 1 aromatic heterocycles. The summed E-state index contributed by atoms with van der Waals surface area (Å²) in [6.07, 6.45) is 4.42. The molecule has 0 aliphatic carbocycles. The van der Waals surface area contributed by atoms with E-state index in [0.29, 0.717) is 5.56 Å². The van der Waals surface area contributed by atoms with Crippen LogP contribution in [0.25, 0.3) is 0 Å². The Morgan fingerprint density at radius 3 is 2.71 bits per heavy atom. The molecule has 1 unspecified atom stereocenters. The first kappa shape index (κ1) is 13.8. The topological polar surface area (TPSA) is 53.2 Å². The zero-order valence-corrected chi connectivity index (χ0v) is 11.2. The Hall–Kier alpha value is -1.23. The maximum atomic E-state index is 12.1. The zero-order chi connectivity index (χ0) is 12.8.